The molecule has 0 rings (SSSR count). The minimum Gasteiger partial charge on any atom is -0.382 e. The molecule has 98 valence electrons. The molecule has 0 bridgehead atoms. The van der Waals surface area contributed by atoms with Gasteiger partial charge in [0.2, 0.25) is 0 Å². The Hall–Kier alpha value is -0.0800. The van der Waals surface area contributed by atoms with Gasteiger partial charge in [-0.25, -0.2) is 0 Å². The Kier molecular flexibility index (Phi) is 12.9. The SMILES string of the molecule is CCCCCCC(CCCOCC)OCC. The highest BCUT2D eigenvalue weighted by molar-refractivity contribution is 4.59. The molecule has 0 saturated heterocycles. The van der Waals surface area contributed by atoms with Crippen molar-refractivity contribution in [2.45, 2.75) is 71.8 Å². The molecule has 0 amide bonds. The first-order chi connectivity index (χ1) is 7.85. The molecule has 1 unspecified atom stereocenters. The van der Waals surface area contributed by atoms with Crippen molar-refractivity contribution < 1.29 is 9.47 Å². The second-order valence-electron chi connectivity index (χ2n) is 4.27. The normalized spacial score (nSPS) is 12.9. The molecule has 0 heterocycles. The first-order valence-corrected chi connectivity index (χ1v) is 7.04. The van der Waals surface area contributed by atoms with Gasteiger partial charge in [0.05, 0.1) is 6.10 Å². The summed E-state index contributed by atoms with van der Waals surface area (Å²) in [4.78, 5) is 0. The summed E-state index contributed by atoms with van der Waals surface area (Å²) in [6.45, 7) is 8.94. The van der Waals surface area contributed by atoms with Gasteiger partial charge in [-0.3, -0.25) is 0 Å². The van der Waals surface area contributed by atoms with Gasteiger partial charge in [0.15, 0.2) is 0 Å². The summed E-state index contributed by atoms with van der Waals surface area (Å²) in [5.41, 5.74) is 0. The number of ether oxygens (including phenoxy) is 2. The zero-order valence-electron chi connectivity index (χ0n) is 11.5. The van der Waals surface area contributed by atoms with Gasteiger partial charge in [-0.1, -0.05) is 32.6 Å². The van der Waals surface area contributed by atoms with E-state index in [2.05, 4.69) is 13.8 Å². The van der Waals surface area contributed by atoms with Gasteiger partial charge in [0.1, 0.15) is 0 Å². The van der Waals surface area contributed by atoms with Crippen LogP contribution < -0.4 is 0 Å². The lowest BCUT2D eigenvalue weighted by Gasteiger charge is -2.16. The summed E-state index contributed by atoms with van der Waals surface area (Å²) in [5.74, 6) is 0. The zero-order valence-corrected chi connectivity index (χ0v) is 11.5. The Labute approximate surface area is 102 Å². The Morgan fingerprint density at radius 1 is 0.812 bits per heavy atom. The van der Waals surface area contributed by atoms with Crippen LogP contribution in [-0.4, -0.2) is 25.9 Å². The van der Waals surface area contributed by atoms with E-state index >= 15 is 0 Å². The molecular weight excluding hydrogens is 200 g/mol. The molecule has 1 atom stereocenters. The van der Waals surface area contributed by atoms with E-state index < -0.39 is 0 Å². The van der Waals surface area contributed by atoms with Gasteiger partial charge in [-0.05, 0) is 33.1 Å². The van der Waals surface area contributed by atoms with Crippen molar-refractivity contribution in [3.8, 4) is 0 Å². The molecule has 0 saturated carbocycles. The fraction of sp³-hybridized carbons (Fsp3) is 1.00. The first kappa shape index (κ1) is 15.9. The average molecular weight is 230 g/mol. The molecule has 0 aromatic carbocycles. The quantitative estimate of drug-likeness (QED) is 0.468. The maximum Gasteiger partial charge on any atom is 0.0575 e. The molecule has 0 aromatic heterocycles. The maximum atomic E-state index is 5.75. The summed E-state index contributed by atoms with van der Waals surface area (Å²) in [5, 5.41) is 0. The third kappa shape index (κ3) is 10.4. The van der Waals surface area contributed by atoms with Gasteiger partial charge in [-0.2, -0.15) is 0 Å². The standard InChI is InChI=1S/C14H30O2/c1-4-7-8-9-11-14(16-6-3)12-10-13-15-5-2/h14H,4-13H2,1-3H3. The van der Waals surface area contributed by atoms with Crippen LogP contribution in [0.4, 0.5) is 0 Å². The molecule has 0 aliphatic heterocycles. The predicted molar refractivity (Wildman–Crippen MR) is 69.9 cm³/mol. The van der Waals surface area contributed by atoms with Crippen molar-refractivity contribution in [3.63, 3.8) is 0 Å². The Balaban J connectivity index is 3.45. The van der Waals surface area contributed by atoms with Crippen LogP contribution in [0.5, 0.6) is 0 Å². The van der Waals surface area contributed by atoms with Crippen LogP contribution in [0.3, 0.4) is 0 Å². The maximum absolute atomic E-state index is 5.75. The fourth-order valence-electron chi connectivity index (χ4n) is 1.90. The number of hydrogen-bond donors (Lipinski definition) is 0. The molecule has 0 fully saturated rings. The molecular formula is C14H30O2. The summed E-state index contributed by atoms with van der Waals surface area (Å²) < 4.78 is 11.1. The van der Waals surface area contributed by atoms with E-state index in [1.54, 1.807) is 0 Å². The second kappa shape index (κ2) is 13.0. The molecule has 0 aliphatic carbocycles. The molecule has 16 heavy (non-hydrogen) atoms. The Bertz CT molecular complexity index is 114. The highest BCUT2D eigenvalue weighted by Crippen LogP contribution is 2.13. The highest BCUT2D eigenvalue weighted by Gasteiger charge is 2.07. The lowest BCUT2D eigenvalue weighted by molar-refractivity contribution is 0.0392. The minimum atomic E-state index is 0.460. The molecule has 0 N–H and O–H groups in total. The van der Waals surface area contributed by atoms with Crippen LogP contribution >= 0.6 is 0 Å². The minimum absolute atomic E-state index is 0.460. The van der Waals surface area contributed by atoms with Crippen LogP contribution in [0.25, 0.3) is 0 Å². The smallest absolute Gasteiger partial charge is 0.0575 e. The number of rotatable bonds is 12. The van der Waals surface area contributed by atoms with E-state index in [0.717, 1.165) is 32.7 Å². The molecule has 2 heteroatoms. The zero-order chi connectivity index (χ0) is 12.1. The molecule has 2 nitrogen and oxygen atoms in total. The van der Waals surface area contributed by atoms with Crippen molar-refractivity contribution in [3.05, 3.63) is 0 Å². The van der Waals surface area contributed by atoms with Crippen molar-refractivity contribution in [1.82, 2.24) is 0 Å². The van der Waals surface area contributed by atoms with E-state index in [1.165, 1.54) is 32.1 Å². The summed E-state index contributed by atoms with van der Waals surface area (Å²) in [6.07, 6.45) is 9.30. The summed E-state index contributed by atoms with van der Waals surface area (Å²) >= 11 is 0. The van der Waals surface area contributed by atoms with E-state index in [1.807, 2.05) is 6.92 Å². The Morgan fingerprint density at radius 3 is 2.19 bits per heavy atom. The Morgan fingerprint density at radius 2 is 1.56 bits per heavy atom. The fourth-order valence-corrected chi connectivity index (χ4v) is 1.90. The van der Waals surface area contributed by atoms with Crippen molar-refractivity contribution >= 4 is 0 Å². The van der Waals surface area contributed by atoms with Crippen molar-refractivity contribution in [1.29, 1.82) is 0 Å². The number of hydrogen-bond acceptors (Lipinski definition) is 2. The number of unbranched alkanes of at least 4 members (excludes halogenated alkanes) is 3. The van der Waals surface area contributed by atoms with Crippen molar-refractivity contribution in [2.24, 2.45) is 0 Å². The molecule has 0 spiro atoms. The van der Waals surface area contributed by atoms with Gasteiger partial charge in [0.25, 0.3) is 0 Å². The summed E-state index contributed by atoms with van der Waals surface area (Å²) in [6, 6.07) is 0. The average Bonchev–Trinajstić information content (AvgIpc) is 2.30. The van der Waals surface area contributed by atoms with Gasteiger partial charge in [-0.15, -0.1) is 0 Å². The molecule has 0 aromatic rings. The van der Waals surface area contributed by atoms with Crippen LogP contribution in [0.1, 0.15) is 65.7 Å². The molecule has 0 aliphatic rings. The van der Waals surface area contributed by atoms with Crippen molar-refractivity contribution in [2.75, 3.05) is 19.8 Å². The topological polar surface area (TPSA) is 18.5 Å². The lowest BCUT2D eigenvalue weighted by atomic mass is 10.1. The molecule has 0 radical (unpaired) electrons. The largest absolute Gasteiger partial charge is 0.382 e. The van der Waals surface area contributed by atoms with E-state index in [9.17, 15) is 0 Å². The van der Waals surface area contributed by atoms with Crippen LogP contribution in [-0.2, 0) is 9.47 Å². The predicted octanol–water partition coefficient (Wildman–Crippen LogP) is 4.18. The van der Waals surface area contributed by atoms with Crippen LogP contribution in [0, 0.1) is 0 Å². The van der Waals surface area contributed by atoms with Gasteiger partial charge >= 0.3 is 0 Å². The second-order valence-corrected chi connectivity index (χ2v) is 4.27. The first-order valence-electron chi connectivity index (χ1n) is 7.04. The lowest BCUT2D eigenvalue weighted by Crippen LogP contribution is -2.14. The van der Waals surface area contributed by atoms with Crippen LogP contribution in [0.15, 0.2) is 0 Å². The summed E-state index contributed by atoms with van der Waals surface area (Å²) in [7, 11) is 0. The van der Waals surface area contributed by atoms with Gasteiger partial charge < -0.3 is 9.47 Å². The monoisotopic (exact) mass is 230 g/mol. The highest BCUT2D eigenvalue weighted by atomic mass is 16.5. The van der Waals surface area contributed by atoms with E-state index in [-0.39, 0.29) is 0 Å². The third-order valence-electron chi connectivity index (χ3n) is 2.80. The van der Waals surface area contributed by atoms with Gasteiger partial charge in [0, 0.05) is 19.8 Å². The van der Waals surface area contributed by atoms with E-state index in [4.69, 9.17) is 9.47 Å². The third-order valence-corrected chi connectivity index (χ3v) is 2.80. The van der Waals surface area contributed by atoms with E-state index in [0.29, 0.717) is 6.10 Å². The van der Waals surface area contributed by atoms with Crippen LogP contribution in [0.2, 0.25) is 0 Å².